The van der Waals surface area contributed by atoms with E-state index >= 15 is 0 Å². The first-order chi connectivity index (χ1) is 19.1. The summed E-state index contributed by atoms with van der Waals surface area (Å²) in [5.74, 6) is -2.47. The van der Waals surface area contributed by atoms with Crippen LogP contribution in [0.5, 0.6) is 5.75 Å². The Hall–Kier alpha value is -3.73. The van der Waals surface area contributed by atoms with E-state index in [9.17, 15) is 33.5 Å². The molecule has 1 aromatic heterocycles. The monoisotopic (exact) mass is 568 g/mol. The van der Waals surface area contributed by atoms with Crippen LogP contribution in [0.3, 0.4) is 0 Å². The molecule has 2 aliphatic carbocycles. The number of pyridine rings is 1. The van der Waals surface area contributed by atoms with Crippen molar-refractivity contribution in [3.05, 3.63) is 61.8 Å². The summed E-state index contributed by atoms with van der Waals surface area (Å²) in [6.07, 6.45) is 2.69. The quantitative estimate of drug-likeness (QED) is 0.552. The van der Waals surface area contributed by atoms with Gasteiger partial charge in [0, 0.05) is 50.5 Å². The average molecular weight is 569 g/mol. The third-order valence-corrected chi connectivity index (χ3v) is 9.64. The zero-order valence-electron chi connectivity index (χ0n) is 21.5. The smallest absolute Gasteiger partial charge is 0.296 e. The molecule has 1 aromatic carbocycles. The fourth-order valence-corrected chi connectivity index (χ4v) is 7.62. The molecule has 1 spiro atoms. The zero-order chi connectivity index (χ0) is 28.1. The van der Waals surface area contributed by atoms with E-state index in [4.69, 9.17) is 11.6 Å². The predicted octanol–water partition coefficient (Wildman–Crippen LogP) is 2.23. The standard InChI is InChI=1S/C28H26ClFN4O6/c29-18-11-14(1-2-19(18)30)13-31-8-6-16-22(25(31)38)24(37)27(40)34-23(16)26(39)33(28(34)7-5-15-12-17(15)28)10-9-32-20(35)3-4-21(32)36/h1-2,11,15,17,37H,3-10,12-13H2. The third kappa shape index (κ3) is 3.36. The Kier molecular flexibility index (Phi) is 5.45. The summed E-state index contributed by atoms with van der Waals surface area (Å²) in [4.78, 5) is 70.2. The van der Waals surface area contributed by atoms with Crippen LogP contribution < -0.4 is 5.56 Å². The number of aromatic hydroxyl groups is 1. The average Bonchev–Trinajstić information content (AvgIpc) is 3.45. The van der Waals surface area contributed by atoms with Crippen LogP contribution in [0.4, 0.5) is 4.39 Å². The molecule has 1 saturated heterocycles. The van der Waals surface area contributed by atoms with Crippen LogP contribution in [0.25, 0.3) is 0 Å². The number of hydrogen-bond donors (Lipinski definition) is 1. The van der Waals surface area contributed by atoms with Crippen LogP contribution in [0, 0.1) is 17.7 Å². The van der Waals surface area contributed by atoms with Crippen molar-refractivity contribution in [2.45, 2.75) is 50.7 Å². The summed E-state index contributed by atoms with van der Waals surface area (Å²) in [6.45, 7) is 0.407. The highest BCUT2D eigenvalue weighted by atomic mass is 35.5. The number of rotatable bonds is 5. The second-order valence-corrected chi connectivity index (χ2v) is 11.7. The highest BCUT2D eigenvalue weighted by molar-refractivity contribution is 6.30. The van der Waals surface area contributed by atoms with E-state index in [2.05, 4.69) is 0 Å². The van der Waals surface area contributed by atoms with Gasteiger partial charge in [-0.3, -0.25) is 33.4 Å². The van der Waals surface area contributed by atoms with Crippen molar-refractivity contribution in [1.82, 2.24) is 19.3 Å². The Labute approximate surface area is 232 Å². The van der Waals surface area contributed by atoms with Crippen molar-refractivity contribution < 1.29 is 28.7 Å². The SMILES string of the molecule is O=C1c2c(c3n(c(=O)c2O)C2(CCC4CC42)N(CCN2C(=O)CCC2=O)C3=O)CCN1Cc1ccc(F)c(Cl)c1. The van der Waals surface area contributed by atoms with E-state index in [-0.39, 0.29) is 79.5 Å². The summed E-state index contributed by atoms with van der Waals surface area (Å²) < 4.78 is 15.0. The number of benzene rings is 1. The van der Waals surface area contributed by atoms with Gasteiger partial charge in [0.25, 0.3) is 17.4 Å². The van der Waals surface area contributed by atoms with Gasteiger partial charge in [-0.15, -0.1) is 0 Å². The summed E-state index contributed by atoms with van der Waals surface area (Å²) >= 11 is 5.90. The first-order valence-electron chi connectivity index (χ1n) is 13.5. The number of aromatic nitrogens is 1. The van der Waals surface area contributed by atoms with Gasteiger partial charge < -0.3 is 14.9 Å². The van der Waals surface area contributed by atoms with E-state index in [1.165, 1.54) is 32.6 Å². The Bertz CT molecular complexity index is 1590. The van der Waals surface area contributed by atoms with Gasteiger partial charge in [-0.25, -0.2) is 4.39 Å². The predicted molar refractivity (Wildman–Crippen MR) is 138 cm³/mol. The molecule has 2 saturated carbocycles. The molecule has 0 bridgehead atoms. The minimum absolute atomic E-state index is 0.0249. The molecule has 4 amide bonds. The molecular formula is C28H26ClFN4O6. The molecular weight excluding hydrogens is 543 g/mol. The maximum Gasteiger partial charge on any atom is 0.296 e. The van der Waals surface area contributed by atoms with Crippen molar-refractivity contribution in [1.29, 1.82) is 0 Å². The third-order valence-electron chi connectivity index (χ3n) is 9.35. The number of nitrogens with zero attached hydrogens (tertiary/aromatic N) is 4. The molecule has 7 rings (SSSR count). The molecule has 208 valence electrons. The Morgan fingerprint density at radius 3 is 2.42 bits per heavy atom. The van der Waals surface area contributed by atoms with Gasteiger partial charge >= 0.3 is 0 Å². The van der Waals surface area contributed by atoms with Crippen LogP contribution in [-0.4, -0.2) is 67.6 Å². The summed E-state index contributed by atoms with van der Waals surface area (Å²) in [7, 11) is 0. The first-order valence-corrected chi connectivity index (χ1v) is 13.9. The Morgan fingerprint density at radius 2 is 1.77 bits per heavy atom. The minimum atomic E-state index is -0.989. The number of carbonyl (C=O) groups excluding carboxylic acids is 4. The fourth-order valence-electron chi connectivity index (χ4n) is 7.41. The fraction of sp³-hybridized carbons (Fsp3) is 0.464. The van der Waals surface area contributed by atoms with E-state index in [0.717, 1.165) is 12.8 Å². The van der Waals surface area contributed by atoms with Gasteiger partial charge in [0.15, 0.2) is 5.75 Å². The highest BCUT2D eigenvalue weighted by Gasteiger charge is 2.67. The second kappa shape index (κ2) is 8.63. The van der Waals surface area contributed by atoms with Gasteiger partial charge in [-0.2, -0.15) is 0 Å². The maximum absolute atomic E-state index is 14.1. The minimum Gasteiger partial charge on any atom is -0.502 e. The number of carbonyl (C=O) groups is 4. The van der Waals surface area contributed by atoms with Crippen LogP contribution in [0.15, 0.2) is 23.0 Å². The maximum atomic E-state index is 14.1. The van der Waals surface area contributed by atoms with Gasteiger partial charge in [-0.1, -0.05) is 17.7 Å². The molecule has 40 heavy (non-hydrogen) atoms. The number of imide groups is 1. The van der Waals surface area contributed by atoms with Crippen LogP contribution in [0.1, 0.15) is 64.1 Å². The number of hydrogen-bond acceptors (Lipinski definition) is 6. The molecule has 3 unspecified atom stereocenters. The Morgan fingerprint density at radius 1 is 1.02 bits per heavy atom. The van der Waals surface area contributed by atoms with E-state index in [1.54, 1.807) is 4.90 Å². The lowest BCUT2D eigenvalue weighted by atomic mass is 9.95. The van der Waals surface area contributed by atoms with Crippen LogP contribution in [0.2, 0.25) is 5.02 Å². The van der Waals surface area contributed by atoms with Crippen molar-refractivity contribution >= 4 is 35.2 Å². The lowest BCUT2D eigenvalue weighted by Crippen LogP contribution is -2.53. The molecule has 12 heteroatoms. The lowest BCUT2D eigenvalue weighted by molar-refractivity contribution is -0.138. The van der Waals surface area contributed by atoms with Crippen LogP contribution >= 0.6 is 11.6 Å². The van der Waals surface area contributed by atoms with E-state index < -0.39 is 34.6 Å². The molecule has 3 fully saturated rings. The number of halogens is 2. The largest absolute Gasteiger partial charge is 0.502 e. The number of amides is 4. The summed E-state index contributed by atoms with van der Waals surface area (Å²) in [6, 6.07) is 4.14. The zero-order valence-corrected chi connectivity index (χ0v) is 22.2. The molecule has 1 N–H and O–H groups in total. The van der Waals surface area contributed by atoms with Gasteiger partial charge in [0.2, 0.25) is 11.8 Å². The first kappa shape index (κ1) is 25.3. The van der Waals surface area contributed by atoms with Gasteiger partial charge in [-0.05, 0) is 49.3 Å². The van der Waals surface area contributed by atoms with Gasteiger partial charge in [0.1, 0.15) is 17.2 Å². The second-order valence-electron chi connectivity index (χ2n) is 11.3. The molecule has 5 aliphatic rings. The van der Waals surface area contributed by atoms with Crippen molar-refractivity contribution in [2.24, 2.45) is 11.8 Å². The van der Waals surface area contributed by atoms with Crippen molar-refractivity contribution in [3.8, 4) is 5.75 Å². The molecule has 4 heterocycles. The van der Waals surface area contributed by atoms with E-state index in [0.29, 0.717) is 23.5 Å². The van der Waals surface area contributed by atoms with E-state index in [1.807, 2.05) is 0 Å². The molecule has 10 nitrogen and oxygen atoms in total. The normalized spacial score (nSPS) is 26.7. The van der Waals surface area contributed by atoms with Crippen LogP contribution in [-0.2, 0) is 28.2 Å². The lowest BCUT2D eigenvalue weighted by Gasteiger charge is -2.38. The van der Waals surface area contributed by atoms with Crippen molar-refractivity contribution in [2.75, 3.05) is 19.6 Å². The van der Waals surface area contributed by atoms with Gasteiger partial charge in [0.05, 0.1) is 10.6 Å². The summed E-state index contributed by atoms with van der Waals surface area (Å²) in [5, 5.41) is 11.1. The number of fused-ring (bicyclic) bond motifs is 6. The molecule has 3 atom stereocenters. The summed E-state index contributed by atoms with van der Waals surface area (Å²) in [5.41, 5.74) is -0.931. The van der Waals surface area contributed by atoms with Crippen molar-refractivity contribution in [3.63, 3.8) is 0 Å². The number of likely N-dealkylation sites (tertiary alicyclic amines) is 1. The highest BCUT2D eigenvalue weighted by Crippen LogP contribution is 2.64. The molecule has 0 radical (unpaired) electrons. The Balaban J connectivity index is 1.28. The molecule has 3 aliphatic heterocycles. The molecule has 2 aromatic rings. The topological polar surface area (TPSA) is 120 Å².